The highest BCUT2D eigenvalue weighted by molar-refractivity contribution is 7.52. The molecule has 0 bridgehead atoms. The molecule has 0 unspecified atom stereocenters. The zero-order valence-electron chi connectivity index (χ0n) is 10.4. The SMILES string of the molecule is N[C@@H]([C@H]1O[C@@H](n2ccc(=O)[nH]c2=O)[C@H](O)[C@@H]1O)P(=O)(O)O. The third-order valence-corrected chi connectivity index (χ3v) is 4.20. The normalized spacial score (nSPS) is 31.3. The molecule has 0 saturated carbocycles. The number of hydrogen-bond donors (Lipinski definition) is 6. The largest absolute Gasteiger partial charge is 0.387 e. The van der Waals surface area contributed by atoms with E-state index in [1.54, 1.807) is 0 Å². The molecule has 1 aromatic rings. The zero-order chi connectivity index (χ0) is 15.9. The average molecular weight is 323 g/mol. The molecule has 0 aromatic carbocycles. The second-order valence-corrected chi connectivity index (χ2v) is 6.34. The summed E-state index contributed by atoms with van der Waals surface area (Å²) in [6.07, 6.45) is -5.36. The Morgan fingerprint density at radius 2 is 1.95 bits per heavy atom. The molecular weight excluding hydrogens is 309 g/mol. The Hall–Kier alpha value is -1.33. The van der Waals surface area contributed by atoms with Gasteiger partial charge in [0.05, 0.1) is 0 Å². The molecule has 0 spiro atoms. The lowest BCUT2D eigenvalue weighted by molar-refractivity contribution is -0.0417. The first-order valence-electron chi connectivity index (χ1n) is 5.77. The molecule has 0 amide bonds. The zero-order valence-corrected chi connectivity index (χ0v) is 11.3. The van der Waals surface area contributed by atoms with Crippen molar-refractivity contribution in [3.63, 3.8) is 0 Å². The molecule has 1 aliphatic heterocycles. The van der Waals surface area contributed by atoms with E-state index in [2.05, 4.69) is 0 Å². The third kappa shape index (κ3) is 2.99. The lowest BCUT2D eigenvalue weighted by Crippen LogP contribution is -2.43. The van der Waals surface area contributed by atoms with Crippen LogP contribution in [0, 0.1) is 0 Å². The van der Waals surface area contributed by atoms with E-state index in [0.29, 0.717) is 0 Å². The van der Waals surface area contributed by atoms with Gasteiger partial charge in [-0.3, -0.25) is 18.9 Å². The summed E-state index contributed by atoms with van der Waals surface area (Å²) in [5.41, 5.74) is 3.72. The van der Waals surface area contributed by atoms with Crippen LogP contribution in [0.25, 0.3) is 0 Å². The number of rotatable bonds is 3. The predicted octanol–water partition coefficient (Wildman–Crippen LogP) is -3.38. The van der Waals surface area contributed by atoms with Gasteiger partial charge in [0.1, 0.15) is 24.1 Å². The molecule has 1 aliphatic rings. The minimum atomic E-state index is -4.77. The lowest BCUT2D eigenvalue weighted by atomic mass is 10.1. The number of hydrogen-bond acceptors (Lipinski definition) is 7. The minimum absolute atomic E-state index is 0.673. The number of nitrogens with two attached hydrogens (primary N) is 1. The van der Waals surface area contributed by atoms with Gasteiger partial charge in [-0.2, -0.15) is 0 Å². The molecule has 118 valence electrons. The summed E-state index contributed by atoms with van der Waals surface area (Å²) in [7, 11) is -4.77. The van der Waals surface area contributed by atoms with Gasteiger partial charge in [0.15, 0.2) is 6.23 Å². The van der Waals surface area contributed by atoms with E-state index in [1.165, 1.54) is 0 Å². The average Bonchev–Trinajstić information content (AvgIpc) is 2.65. The number of H-pyrrole nitrogens is 1. The molecule has 2 heterocycles. The number of aromatic amines is 1. The Kier molecular flexibility index (Phi) is 4.17. The molecule has 2 rings (SSSR count). The smallest absolute Gasteiger partial charge is 0.344 e. The molecule has 1 saturated heterocycles. The first-order valence-corrected chi connectivity index (χ1v) is 7.45. The van der Waals surface area contributed by atoms with Crippen LogP contribution >= 0.6 is 7.60 Å². The van der Waals surface area contributed by atoms with Crippen LogP contribution in [0.15, 0.2) is 21.9 Å². The van der Waals surface area contributed by atoms with Crippen molar-refractivity contribution in [1.82, 2.24) is 9.55 Å². The second kappa shape index (κ2) is 5.46. The Morgan fingerprint density at radius 1 is 1.33 bits per heavy atom. The highest BCUT2D eigenvalue weighted by Crippen LogP contribution is 2.44. The molecule has 1 fully saturated rings. The standard InChI is InChI=1S/C9H14N3O8P/c10-7(21(17,18)19)6-4(14)5(15)8(20-6)12-2-1-3(13)11-9(12)16/h1-2,4-8,14-15H,10H2,(H,11,13,16)(H2,17,18,19)/t4-,5+,6-,7+,8+/m0/s1. The van der Waals surface area contributed by atoms with Crippen molar-refractivity contribution >= 4 is 7.60 Å². The molecule has 12 heteroatoms. The van der Waals surface area contributed by atoms with Crippen LogP contribution < -0.4 is 17.0 Å². The fraction of sp³-hybridized carbons (Fsp3) is 0.556. The van der Waals surface area contributed by atoms with Crippen LogP contribution in [0.1, 0.15) is 6.23 Å². The fourth-order valence-electron chi connectivity index (χ4n) is 2.02. The number of nitrogens with one attached hydrogen (secondary N) is 1. The molecule has 11 nitrogen and oxygen atoms in total. The maximum Gasteiger partial charge on any atom is 0.344 e. The van der Waals surface area contributed by atoms with Crippen LogP contribution in [0.4, 0.5) is 0 Å². The van der Waals surface area contributed by atoms with Gasteiger partial charge in [-0.25, -0.2) is 4.79 Å². The number of aliphatic hydroxyl groups excluding tert-OH is 2. The Balaban J connectivity index is 2.34. The molecule has 0 radical (unpaired) electrons. The van der Waals surface area contributed by atoms with Crippen LogP contribution in [0.5, 0.6) is 0 Å². The topological polar surface area (TPSA) is 188 Å². The van der Waals surface area contributed by atoms with Gasteiger partial charge in [0.25, 0.3) is 5.56 Å². The Bertz CT molecular complexity index is 680. The third-order valence-electron chi connectivity index (χ3n) is 3.13. The molecule has 21 heavy (non-hydrogen) atoms. The van der Waals surface area contributed by atoms with E-state index >= 15 is 0 Å². The quantitative estimate of drug-likeness (QED) is 0.308. The van der Waals surface area contributed by atoms with Gasteiger partial charge in [-0.15, -0.1) is 0 Å². The van der Waals surface area contributed by atoms with Gasteiger partial charge >= 0.3 is 13.3 Å². The van der Waals surface area contributed by atoms with E-state index < -0.39 is 49.2 Å². The van der Waals surface area contributed by atoms with Gasteiger partial charge < -0.3 is 30.5 Å². The second-order valence-electron chi connectivity index (χ2n) is 4.57. The summed E-state index contributed by atoms with van der Waals surface area (Å²) in [6, 6.07) is 0.986. The molecule has 5 atom stereocenters. The van der Waals surface area contributed by atoms with Gasteiger partial charge in [0, 0.05) is 12.3 Å². The van der Waals surface area contributed by atoms with Crippen molar-refractivity contribution in [3.8, 4) is 0 Å². The van der Waals surface area contributed by atoms with E-state index in [4.69, 9.17) is 20.3 Å². The van der Waals surface area contributed by atoms with Crippen LogP contribution in [-0.2, 0) is 9.30 Å². The maximum absolute atomic E-state index is 11.6. The van der Waals surface area contributed by atoms with Crippen LogP contribution in [-0.4, -0.2) is 53.6 Å². The highest BCUT2D eigenvalue weighted by atomic mass is 31.2. The van der Waals surface area contributed by atoms with Crippen molar-refractivity contribution < 1.29 is 29.3 Å². The lowest BCUT2D eigenvalue weighted by Gasteiger charge is -2.22. The first kappa shape index (κ1) is 16.0. The Labute approximate surface area is 116 Å². The first-order chi connectivity index (χ1) is 9.62. The van der Waals surface area contributed by atoms with Crippen LogP contribution in [0.3, 0.4) is 0 Å². The van der Waals surface area contributed by atoms with E-state index in [-0.39, 0.29) is 0 Å². The molecule has 7 N–H and O–H groups in total. The summed E-state index contributed by atoms with van der Waals surface area (Å²) in [6.45, 7) is 0. The summed E-state index contributed by atoms with van der Waals surface area (Å²) in [5.74, 6) is -1.87. The van der Waals surface area contributed by atoms with Crippen molar-refractivity contribution in [1.29, 1.82) is 0 Å². The minimum Gasteiger partial charge on any atom is -0.387 e. The van der Waals surface area contributed by atoms with Gasteiger partial charge in [-0.1, -0.05) is 0 Å². The molecule has 1 aromatic heterocycles. The van der Waals surface area contributed by atoms with Crippen molar-refractivity contribution in [2.24, 2.45) is 5.73 Å². The van der Waals surface area contributed by atoms with Crippen LogP contribution in [0.2, 0.25) is 0 Å². The maximum atomic E-state index is 11.6. The number of aliphatic hydroxyl groups is 2. The fourth-order valence-corrected chi connectivity index (χ4v) is 2.65. The summed E-state index contributed by atoms with van der Waals surface area (Å²) >= 11 is 0. The molecule has 0 aliphatic carbocycles. The van der Waals surface area contributed by atoms with Crippen molar-refractivity contribution in [2.75, 3.05) is 0 Å². The monoisotopic (exact) mass is 323 g/mol. The molecular formula is C9H14N3O8P. The van der Waals surface area contributed by atoms with Crippen molar-refractivity contribution in [2.45, 2.75) is 30.3 Å². The number of ether oxygens (including phenoxy) is 1. The summed E-state index contributed by atoms with van der Waals surface area (Å²) in [4.78, 5) is 42.5. The summed E-state index contributed by atoms with van der Waals surface area (Å²) in [5, 5.41) is 19.6. The Morgan fingerprint density at radius 3 is 2.48 bits per heavy atom. The van der Waals surface area contributed by atoms with Gasteiger partial charge in [0.2, 0.25) is 0 Å². The summed E-state index contributed by atoms with van der Waals surface area (Å²) < 4.78 is 17.0. The van der Waals surface area contributed by atoms with E-state index in [9.17, 15) is 24.4 Å². The number of aromatic nitrogens is 2. The van der Waals surface area contributed by atoms with Gasteiger partial charge in [-0.05, 0) is 0 Å². The number of nitrogens with zero attached hydrogens (tertiary/aromatic N) is 1. The van der Waals surface area contributed by atoms with E-state index in [0.717, 1.165) is 16.8 Å². The highest BCUT2D eigenvalue weighted by Gasteiger charge is 2.50. The van der Waals surface area contributed by atoms with Crippen molar-refractivity contribution in [3.05, 3.63) is 33.1 Å². The predicted molar refractivity (Wildman–Crippen MR) is 67.3 cm³/mol. The van der Waals surface area contributed by atoms with E-state index in [1.807, 2.05) is 4.98 Å².